The zero-order valence-electron chi connectivity index (χ0n) is 25.7. The maximum atomic E-state index is 13.9. The number of aliphatic imine (C=N–C) groups is 1. The van der Waals surface area contributed by atoms with Gasteiger partial charge in [-0.25, -0.2) is 0 Å². The molecule has 2 aliphatic heterocycles. The van der Waals surface area contributed by atoms with Crippen molar-refractivity contribution >= 4 is 17.3 Å². The molecule has 0 spiro atoms. The lowest BCUT2D eigenvalue weighted by atomic mass is 9.44. The van der Waals surface area contributed by atoms with Crippen LogP contribution in [0, 0.1) is 52.3 Å². The molecule has 42 heavy (non-hydrogen) atoms. The molecule has 0 amide bonds. The standard InChI is InChI=1S/C33H51NO8/c1-16-11-24(34-14-16)27(37)17(2)20-5-6-21-19-13-25(36)23-12-18(7-9-33(23,4)22(19)8-10-32(20,21)3)41-31-30(40)29(39)28(38)26(15-35)42-31/h16-23,26,28-31,35,38-40H,5-15H2,1-4H3/t16-,17+,18+,19+,20-,21+,22+,23-,26-,28-,29+,30-,31-,32-,33-/m1/s1. The number of nitrogens with zero attached hydrogens (tertiary/aromatic N) is 1. The van der Waals surface area contributed by atoms with E-state index in [1.807, 2.05) is 0 Å². The summed E-state index contributed by atoms with van der Waals surface area (Å²) in [7, 11) is 0. The molecule has 2 heterocycles. The maximum Gasteiger partial charge on any atom is 0.186 e. The van der Waals surface area contributed by atoms with Gasteiger partial charge in [0.1, 0.15) is 30.2 Å². The minimum absolute atomic E-state index is 0.0294. The van der Waals surface area contributed by atoms with Crippen LogP contribution < -0.4 is 0 Å². The second-order valence-corrected chi connectivity index (χ2v) is 15.3. The summed E-state index contributed by atoms with van der Waals surface area (Å²) in [6, 6.07) is 0. The molecule has 4 N–H and O–H groups in total. The molecule has 0 aromatic carbocycles. The van der Waals surface area contributed by atoms with E-state index in [-0.39, 0.29) is 34.6 Å². The lowest BCUT2D eigenvalue weighted by Crippen LogP contribution is -2.61. The van der Waals surface area contributed by atoms with Crippen LogP contribution in [0.5, 0.6) is 0 Å². The first-order valence-electron chi connectivity index (χ1n) is 16.4. The molecule has 9 heteroatoms. The summed E-state index contributed by atoms with van der Waals surface area (Å²) in [5.41, 5.74) is 0.736. The summed E-state index contributed by atoms with van der Waals surface area (Å²) in [6.45, 7) is 9.25. The molecular weight excluding hydrogens is 538 g/mol. The third-order valence-corrected chi connectivity index (χ3v) is 13.1. The lowest BCUT2D eigenvalue weighted by Gasteiger charge is -2.60. The van der Waals surface area contributed by atoms with Crippen molar-refractivity contribution in [1.29, 1.82) is 0 Å². The number of carbonyl (C=O) groups is 2. The van der Waals surface area contributed by atoms with E-state index >= 15 is 0 Å². The van der Waals surface area contributed by atoms with Crippen molar-refractivity contribution in [2.24, 2.45) is 57.2 Å². The zero-order chi connectivity index (χ0) is 30.1. The number of ether oxygens (including phenoxy) is 2. The summed E-state index contributed by atoms with van der Waals surface area (Å²) in [5, 5.41) is 40.3. The van der Waals surface area contributed by atoms with Crippen molar-refractivity contribution in [2.45, 2.75) is 122 Å². The van der Waals surface area contributed by atoms with Gasteiger partial charge < -0.3 is 29.9 Å². The first-order chi connectivity index (χ1) is 19.9. The minimum atomic E-state index is -1.48. The summed E-state index contributed by atoms with van der Waals surface area (Å²) >= 11 is 0. The van der Waals surface area contributed by atoms with Gasteiger partial charge in [0.15, 0.2) is 12.1 Å². The van der Waals surface area contributed by atoms with Gasteiger partial charge in [0, 0.05) is 24.8 Å². The van der Waals surface area contributed by atoms with Crippen molar-refractivity contribution < 1.29 is 39.5 Å². The normalized spacial score (nSPS) is 51.3. The fourth-order valence-corrected chi connectivity index (χ4v) is 10.7. The Labute approximate surface area is 249 Å². The SMILES string of the molecule is C[C@H]1CN=C(C(=O)[C@@H](C)[C@H]2CC[C@H]3[C@@H]4CC(=O)[C@H]5C[C@@H](O[C@@H]6O[C@H](CO)[C@@H](O)[C@H](O)[C@H]6O)CC[C@]5(C)[C@H]4CC[C@]23C)C1. The van der Waals surface area contributed by atoms with Crippen LogP contribution in [-0.4, -0.2) is 87.7 Å². The largest absolute Gasteiger partial charge is 0.394 e. The van der Waals surface area contributed by atoms with Gasteiger partial charge in [-0.15, -0.1) is 0 Å². The average Bonchev–Trinajstić information content (AvgIpc) is 3.56. The molecule has 6 rings (SSSR count). The van der Waals surface area contributed by atoms with Crippen LogP contribution in [0.1, 0.15) is 85.5 Å². The Morgan fingerprint density at radius 2 is 1.74 bits per heavy atom. The maximum absolute atomic E-state index is 13.9. The van der Waals surface area contributed by atoms with Crippen molar-refractivity contribution in [3.05, 3.63) is 0 Å². The number of aliphatic hydroxyl groups excluding tert-OH is 4. The number of ketones is 2. The number of fused-ring (bicyclic) bond motifs is 5. The molecule has 0 aromatic heterocycles. The number of aliphatic hydroxyl groups is 4. The van der Waals surface area contributed by atoms with E-state index in [2.05, 4.69) is 32.7 Å². The van der Waals surface area contributed by atoms with Crippen molar-refractivity contribution in [3.63, 3.8) is 0 Å². The van der Waals surface area contributed by atoms with Crippen LogP contribution in [0.4, 0.5) is 0 Å². The average molecular weight is 590 g/mol. The number of carbonyl (C=O) groups excluding carboxylic acids is 2. The quantitative estimate of drug-likeness (QED) is 0.346. The molecule has 0 aromatic rings. The number of Topliss-reactive ketones (excluding diaryl/α,β-unsaturated/α-hetero) is 2. The molecule has 236 valence electrons. The molecule has 0 radical (unpaired) electrons. The fraction of sp³-hybridized carbons (Fsp3) is 0.909. The fourth-order valence-electron chi connectivity index (χ4n) is 10.7. The van der Waals surface area contributed by atoms with Crippen LogP contribution in [0.3, 0.4) is 0 Å². The molecule has 0 bridgehead atoms. The van der Waals surface area contributed by atoms with Gasteiger partial charge >= 0.3 is 0 Å². The van der Waals surface area contributed by atoms with Gasteiger partial charge in [-0.1, -0.05) is 27.7 Å². The second kappa shape index (κ2) is 11.3. The van der Waals surface area contributed by atoms with Crippen LogP contribution >= 0.6 is 0 Å². The number of hydrogen-bond donors (Lipinski definition) is 4. The van der Waals surface area contributed by atoms with Crippen LogP contribution in [0.15, 0.2) is 4.99 Å². The molecule has 6 aliphatic rings. The third-order valence-electron chi connectivity index (χ3n) is 13.1. The molecule has 4 aliphatic carbocycles. The topological polar surface area (TPSA) is 146 Å². The molecule has 5 fully saturated rings. The van der Waals surface area contributed by atoms with Gasteiger partial charge in [-0.05, 0) is 91.8 Å². The summed E-state index contributed by atoms with van der Waals surface area (Å²) in [5.74, 6) is 2.42. The predicted octanol–water partition coefficient (Wildman–Crippen LogP) is 2.70. The Kier molecular flexibility index (Phi) is 8.27. The number of hydrogen-bond acceptors (Lipinski definition) is 9. The smallest absolute Gasteiger partial charge is 0.186 e. The van der Waals surface area contributed by atoms with E-state index < -0.39 is 37.3 Å². The van der Waals surface area contributed by atoms with E-state index in [1.165, 1.54) is 0 Å². The first kappa shape index (κ1) is 30.8. The molecule has 0 unspecified atom stereocenters. The zero-order valence-corrected chi connectivity index (χ0v) is 25.7. The highest BCUT2D eigenvalue weighted by Crippen LogP contribution is 2.68. The first-order valence-corrected chi connectivity index (χ1v) is 16.4. The van der Waals surface area contributed by atoms with Gasteiger partial charge in [-0.2, -0.15) is 0 Å². The highest BCUT2D eigenvalue weighted by molar-refractivity contribution is 6.41. The molecule has 15 atom stereocenters. The van der Waals surface area contributed by atoms with E-state index in [0.29, 0.717) is 48.2 Å². The molecular formula is C33H51NO8. The van der Waals surface area contributed by atoms with Crippen molar-refractivity contribution in [3.8, 4) is 0 Å². The summed E-state index contributed by atoms with van der Waals surface area (Å²) in [6.07, 6.45) is 0.930. The van der Waals surface area contributed by atoms with Crippen molar-refractivity contribution in [1.82, 2.24) is 0 Å². The van der Waals surface area contributed by atoms with Gasteiger partial charge in [-0.3, -0.25) is 14.6 Å². The monoisotopic (exact) mass is 589 g/mol. The Morgan fingerprint density at radius 3 is 2.43 bits per heavy atom. The Bertz CT molecular complexity index is 1090. The van der Waals surface area contributed by atoms with Crippen LogP contribution in [-0.2, 0) is 19.1 Å². The van der Waals surface area contributed by atoms with E-state index in [4.69, 9.17) is 9.47 Å². The predicted molar refractivity (Wildman–Crippen MR) is 155 cm³/mol. The lowest BCUT2D eigenvalue weighted by molar-refractivity contribution is -0.315. The molecule has 9 nitrogen and oxygen atoms in total. The van der Waals surface area contributed by atoms with E-state index in [1.54, 1.807) is 0 Å². The minimum Gasteiger partial charge on any atom is -0.394 e. The van der Waals surface area contributed by atoms with Gasteiger partial charge in [0.05, 0.1) is 18.4 Å². The Hall–Kier alpha value is -1.23. The van der Waals surface area contributed by atoms with Gasteiger partial charge in [0.2, 0.25) is 0 Å². The van der Waals surface area contributed by atoms with Crippen LogP contribution in [0.25, 0.3) is 0 Å². The van der Waals surface area contributed by atoms with Crippen LogP contribution in [0.2, 0.25) is 0 Å². The molecule has 1 saturated heterocycles. The number of rotatable bonds is 6. The Balaban J connectivity index is 1.14. The van der Waals surface area contributed by atoms with Crippen molar-refractivity contribution in [2.75, 3.05) is 13.2 Å². The highest BCUT2D eigenvalue weighted by atomic mass is 16.7. The highest BCUT2D eigenvalue weighted by Gasteiger charge is 2.63. The Morgan fingerprint density at radius 1 is 1.02 bits per heavy atom. The summed E-state index contributed by atoms with van der Waals surface area (Å²) < 4.78 is 11.7. The van der Waals surface area contributed by atoms with Gasteiger partial charge in [0.25, 0.3) is 0 Å². The molecule has 4 saturated carbocycles. The van der Waals surface area contributed by atoms with E-state index in [0.717, 1.165) is 57.2 Å². The van der Waals surface area contributed by atoms with E-state index in [9.17, 15) is 30.0 Å². The second-order valence-electron chi connectivity index (χ2n) is 15.3. The summed E-state index contributed by atoms with van der Waals surface area (Å²) in [4.78, 5) is 31.9. The third kappa shape index (κ3) is 4.85.